The molecule has 2 aromatic carbocycles. The zero-order valence-electron chi connectivity index (χ0n) is 12.3. The van der Waals surface area contributed by atoms with Crippen LogP contribution < -0.4 is 0 Å². The van der Waals surface area contributed by atoms with Crippen molar-refractivity contribution in [2.75, 3.05) is 5.75 Å². The van der Waals surface area contributed by atoms with Crippen LogP contribution in [0.3, 0.4) is 0 Å². The maximum Gasteiger partial charge on any atom is 0.205 e. The van der Waals surface area contributed by atoms with Crippen LogP contribution in [0.15, 0.2) is 46.3 Å². The van der Waals surface area contributed by atoms with Gasteiger partial charge < -0.3 is 4.79 Å². The number of aromatic nitrogens is 3. The second-order valence-electron chi connectivity index (χ2n) is 5.56. The van der Waals surface area contributed by atoms with Crippen LogP contribution in [0, 0.1) is 0 Å². The first kappa shape index (κ1) is 14.9. The molecule has 0 radical (unpaired) electrons. The molecule has 0 bridgehead atoms. The quantitative estimate of drug-likeness (QED) is 0.482. The number of carbonyl (C=O) groups excluding carboxylic acids is 1. The summed E-state index contributed by atoms with van der Waals surface area (Å²) in [7, 11) is 0. The summed E-state index contributed by atoms with van der Waals surface area (Å²) in [6.07, 6.45) is 3.44. The second-order valence-corrected chi connectivity index (χ2v) is 7.25. The van der Waals surface area contributed by atoms with E-state index in [9.17, 15) is 4.79 Å². The van der Waals surface area contributed by atoms with Gasteiger partial charge in [-0.05, 0) is 51.7 Å². The van der Waals surface area contributed by atoms with E-state index in [2.05, 4.69) is 62.5 Å². The van der Waals surface area contributed by atoms with Gasteiger partial charge in [0.05, 0.1) is 11.4 Å². The van der Waals surface area contributed by atoms with Crippen molar-refractivity contribution >= 4 is 44.8 Å². The molecule has 0 N–H and O–H groups in total. The van der Waals surface area contributed by atoms with E-state index in [-0.39, 0.29) is 0 Å². The first-order valence-corrected chi connectivity index (χ1v) is 9.27. The first-order chi connectivity index (χ1) is 11.3. The number of aldehydes is 1. The molecular formula is C17H14BrN3OS. The Hall–Kier alpha value is -1.66. The molecule has 116 valence electrons. The van der Waals surface area contributed by atoms with Crippen molar-refractivity contribution in [3.05, 3.63) is 46.7 Å². The molecule has 1 saturated carbocycles. The van der Waals surface area contributed by atoms with E-state index in [0.29, 0.717) is 21.6 Å². The third-order valence-electron chi connectivity index (χ3n) is 4.07. The Labute approximate surface area is 146 Å². The van der Waals surface area contributed by atoms with E-state index in [0.717, 1.165) is 12.0 Å². The number of nitrogens with zero attached hydrogens (tertiary/aromatic N) is 3. The molecule has 4 rings (SSSR count). The van der Waals surface area contributed by atoms with Crippen LogP contribution in [0.4, 0.5) is 0 Å². The Balaban J connectivity index is 1.91. The van der Waals surface area contributed by atoms with Gasteiger partial charge in [0.1, 0.15) is 6.29 Å². The largest absolute Gasteiger partial charge is 0.302 e. The zero-order chi connectivity index (χ0) is 15.8. The predicted octanol–water partition coefficient (Wildman–Crippen LogP) is 4.35. The summed E-state index contributed by atoms with van der Waals surface area (Å²) in [4.78, 5) is 10.7. The van der Waals surface area contributed by atoms with E-state index in [1.165, 1.54) is 40.9 Å². The fourth-order valence-electron chi connectivity index (χ4n) is 2.91. The molecule has 0 amide bonds. The lowest BCUT2D eigenvalue weighted by atomic mass is 9.99. The van der Waals surface area contributed by atoms with Crippen LogP contribution in [-0.2, 0) is 4.79 Å². The smallest absolute Gasteiger partial charge is 0.205 e. The molecule has 1 aliphatic carbocycles. The van der Waals surface area contributed by atoms with Crippen LogP contribution in [0.25, 0.3) is 16.5 Å². The van der Waals surface area contributed by atoms with Gasteiger partial charge in [0.2, 0.25) is 4.73 Å². The number of thioether (sulfide) groups is 1. The number of benzene rings is 2. The Kier molecular flexibility index (Phi) is 3.95. The predicted molar refractivity (Wildman–Crippen MR) is 95.3 cm³/mol. The average Bonchev–Trinajstić information content (AvgIpc) is 3.36. The average molecular weight is 388 g/mol. The summed E-state index contributed by atoms with van der Waals surface area (Å²) >= 11 is 4.86. The summed E-state index contributed by atoms with van der Waals surface area (Å²) < 4.78 is 2.61. The molecule has 4 nitrogen and oxygen atoms in total. The number of rotatable bonds is 5. The van der Waals surface area contributed by atoms with Crippen molar-refractivity contribution in [1.29, 1.82) is 0 Å². The molecule has 23 heavy (non-hydrogen) atoms. The van der Waals surface area contributed by atoms with Gasteiger partial charge in [0, 0.05) is 5.39 Å². The number of hydrogen-bond acceptors (Lipinski definition) is 4. The second kappa shape index (κ2) is 6.09. The maximum absolute atomic E-state index is 10.7. The van der Waals surface area contributed by atoms with Gasteiger partial charge in [-0.1, -0.05) is 42.1 Å². The van der Waals surface area contributed by atoms with Crippen molar-refractivity contribution in [2.24, 2.45) is 0 Å². The van der Waals surface area contributed by atoms with Crippen molar-refractivity contribution in [2.45, 2.75) is 23.9 Å². The highest BCUT2D eigenvalue weighted by atomic mass is 79.9. The van der Waals surface area contributed by atoms with E-state index in [1.54, 1.807) is 0 Å². The van der Waals surface area contributed by atoms with Gasteiger partial charge >= 0.3 is 0 Å². The number of halogens is 1. The van der Waals surface area contributed by atoms with Gasteiger partial charge in [-0.15, -0.1) is 10.2 Å². The van der Waals surface area contributed by atoms with Crippen molar-refractivity contribution in [3.8, 4) is 5.69 Å². The summed E-state index contributed by atoms with van der Waals surface area (Å²) in [6.45, 7) is 0. The summed E-state index contributed by atoms with van der Waals surface area (Å²) in [5.74, 6) is 1.06. The summed E-state index contributed by atoms with van der Waals surface area (Å²) in [5, 5.41) is 11.5. The fourth-order valence-corrected chi connectivity index (χ4v) is 4.09. The summed E-state index contributed by atoms with van der Waals surface area (Å²) in [5.41, 5.74) is 2.46. The van der Waals surface area contributed by atoms with Crippen LogP contribution >= 0.6 is 27.7 Å². The molecule has 0 unspecified atom stereocenters. The molecule has 0 atom stereocenters. The number of hydrogen-bond donors (Lipinski definition) is 0. The SMILES string of the molecule is O=CCSc1nnc(Br)n1-c1ccc(C2CC2)c2ccccc12. The van der Waals surface area contributed by atoms with Crippen molar-refractivity contribution in [3.63, 3.8) is 0 Å². The molecule has 1 fully saturated rings. The lowest BCUT2D eigenvalue weighted by Crippen LogP contribution is -2.00. The topological polar surface area (TPSA) is 47.8 Å². The molecule has 0 aliphatic heterocycles. The lowest BCUT2D eigenvalue weighted by Gasteiger charge is -2.13. The van der Waals surface area contributed by atoms with Crippen molar-refractivity contribution in [1.82, 2.24) is 14.8 Å². The third kappa shape index (κ3) is 2.70. The molecule has 6 heteroatoms. The van der Waals surface area contributed by atoms with E-state index >= 15 is 0 Å². The molecule has 0 saturated heterocycles. The minimum Gasteiger partial charge on any atom is -0.302 e. The normalized spacial score (nSPS) is 14.3. The molecule has 1 aromatic heterocycles. The highest BCUT2D eigenvalue weighted by Crippen LogP contribution is 2.44. The summed E-state index contributed by atoms with van der Waals surface area (Å²) in [6, 6.07) is 12.8. The minimum absolute atomic E-state index is 0.364. The monoisotopic (exact) mass is 387 g/mol. The van der Waals surface area contributed by atoms with E-state index < -0.39 is 0 Å². The third-order valence-corrected chi connectivity index (χ3v) is 5.41. The maximum atomic E-state index is 10.7. The fraction of sp³-hybridized carbons (Fsp3) is 0.235. The Bertz CT molecular complexity index is 889. The number of carbonyl (C=O) groups is 1. The van der Waals surface area contributed by atoms with Gasteiger partial charge in [-0.25, -0.2) is 0 Å². The highest BCUT2D eigenvalue weighted by Gasteiger charge is 2.26. The molecule has 1 aliphatic rings. The van der Waals surface area contributed by atoms with Crippen LogP contribution in [0.1, 0.15) is 24.3 Å². The zero-order valence-corrected chi connectivity index (χ0v) is 14.7. The minimum atomic E-state index is 0.364. The van der Waals surface area contributed by atoms with E-state index in [4.69, 9.17) is 0 Å². The van der Waals surface area contributed by atoms with E-state index in [1.807, 2.05) is 4.57 Å². The van der Waals surface area contributed by atoms with Crippen molar-refractivity contribution < 1.29 is 4.79 Å². The van der Waals surface area contributed by atoms with Gasteiger partial charge in [-0.2, -0.15) is 0 Å². The Morgan fingerprint density at radius 1 is 1.17 bits per heavy atom. The Morgan fingerprint density at radius 2 is 1.96 bits per heavy atom. The van der Waals surface area contributed by atoms with Crippen LogP contribution in [0.5, 0.6) is 0 Å². The van der Waals surface area contributed by atoms with Gasteiger partial charge in [0.15, 0.2) is 5.16 Å². The first-order valence-electron chi connectivity index (χ1n) is 7.49. The number of fused-ring (bicyclic) bond motifs is 1. The molecular weight excluding hydrogens is 374 g/mol. The standard InChI is InChI=1S/C17H14BrN3OS/c18-16-19-20-17(23-10-9-22)21(16)15-8-7-12(11-5-6-11)13-3-1-2-4-14(13)15/h1-4,7-9,11H,5-6,10H2. The molecule has 0 spiro atoms. The highest BCUT2D eigenvalue weighted by molar-refractivity contribution is 9.10. The van der Waals surface area contributed by atoms with Crippen LogP contribution in [0.2, 0.25) is 0 Å². The van der Waals surface area contributed by atoms with Gasteiger partial charge in [0.25, 0.3) is 0 Å². The lowest BCUT2D eigenvalue weighted by molar-refractivity contribution is -0.105. The van der Waals surface area contributed by atoms with Crippen LogP contribution in [-0.4, -0.2) is 26.8 Å². The molecule has 1 heterocycles. The Morgan fingerprint density at radius 3 is 2.70 bits per heavy atom. The van der Waals surface area contributed by atoms with Gasteiger partial charge in [-0.3, -0.25) is 4.57 Å². The molecule has 3 aromatic rings.